The molecule has 0 amide bonds. The van der Waals surface area contributed by atoms with E-state index >= 15 is 0 Å². The molecule has 0 saturated carbocycles. The van der Waals surface area contributed by atoms with Gasteiger partial charge >= 0.3 is 0 Å². The number of aromatic nitrogens is 1. The summed E-state index contributed by atoms with van der Waals surface area (Å²) >= 11 is 0. The van der Waals surface area contributed by atoms with Gasteiger partial charge in [-0.05, 0) is 38.5 Å². The molecular weight excluding hydrogens is 226 g/mol. The molecule has 1 N–H and O–H groups in total. The quantitative estimate of drug-likeness (QED) is 0.895. The van der Waals surface area contributed by atoms with Crippen LogP contribution in [0.5, 0.6) is 0 Å². The highest BCUT2D eigenvalue weighted by atomic mass is 16.4. The number of rotatable bonds is 3. The van der Waals surface area contributed by atoms with E-state index in [0.717, 1.165) is 17.0 Å². The van der Waals surface area contributed by atoms with E-state index < -0.39 is 0 Å². The number of benzene rings is 1. The van der Waals surface area contributed by atoms with Crippen LogP contribution < -0.4 is 5.32 Å². The lowest BCUT2D eigenvalue weighted by molar-refractivity contribution is 0.453. The molecule has 1 aromatic heterocycles. The standard InChI is InChI=1S/C14H15N3O/c1-9-4-5-12(7-15)13(6-9)17-11(3)14-16-8-10(2)18-14/h4-6,8,11,17H,1-3H3. The zero-order valence-corrected chi connectivity index (χ0v) is 10.7. The van der Waals surface area contributed by atoms with Gasteiger partial charge in [-0.3, -0.25) is 0 Å². The van der Waals surface area contributed by atoms with Crippen LogP contribution in [0.1, 0.15) is 35.7 Å². The summed E-state index contributed by atoms with van der Waals surface area (Å²) in [5.74, 6) is 1.40. The van der Waals surface area contributed by atoms with Crippen LogP contribution in [0.4, 0.5) is 5.69 Å². The van der Waals surface area contributed by atoms with Crippen molar-refractivity contribution < 1.29 is 4.42 Å². The Morgan fingerprint density at radius 2 is 2.17 bits per heavy atom. The highest BCUT2D eigenvalue weighted by molar-refractivity contribution is 5.59. The minimum absolute atomic E-state index is 0.0763. The van der Waals surface area contributed by atoms with Gasteiger partial charge < -0.3 is 9.73 Å². The molecule has 0 aliphatic rings. The summed E-state index contributed by atoms with van der Waals surface area (Å²) in [6.07, 6.45) is 1.69. The van der Waals surface area contributed by atoms with E-state index in [1.54, 1.807) is 6.20 Å². The predicted molar refractivity (Wildman–Crippen MR) is 69.2 cm³/mol. The first kappa shape index (κ1) is 12.2. The van der Waals surface area contributed by atoms with E-state index in [1.807, 2.05) is 39.0 Å². The molecule has 4 heteroatoms. The van der Waals surface area contributed by atoms with Gasteiger partial charge in [0.2, 0.25) is 5.89 Å². The van der Waals surface area contributed by atoms with E-state index in [4.69, 9.17) is 9.68 Å². The molecule has 0 fully saturated rings. The lowest BCUT2D eigenvalue weighted by Crippen LogP contribution is -2.08. The summed E-state index contributed by atoms with van der Waals surface area (Å²) in [5, 5.41) is 12.3. The average molecular weight is 241 g/mol. The predicted octanol–water partition coefficient (Wildman–Crippen LogP) is 3.34. The van der Waals surface area contributed by atoms with Crippen molar-refractivity contribution in [3.63, 3.8) is 0 Å². The van der Waals surface area contributed by atoms with Crippen molar-refractivity contribution in [3.05, 3.63) is 47.2 Å². The Kier molecular flexibility index (Phi) is 3.33. The lowest BCUT2D eigenvalue weighted by atomic mass is 10.1. The molecule has 0 aliphatic heterocycles. The maximum atomic E-state index is 9.07. The minimum atomic E-state index is -0.0763. The molecule has 2 aromatic rings. The summed E-state index contributed by atoms with van der Waals surface area (Å²) < 4.78 is 5.46. The summed E-state index contributed by atoms with van der Waals surface area (Å²) in [5.41, 5.74) is 2.53. The number of oxazole rings is 1. The summed E-state index contributed by atoms with van der Waals surface area (Å²) in [6, 6.07) is 7.78. The number of nitrogens with one attached hydrogen (secondary N) is 1. The third-order valence-corrected chi connectivity index (χ3v) is 2.68. The smallest absolute Gasteiger partial charge is 0.216 e. The highest BCUT2D eigenvalue weighted by Gasteiger charge is 2.13. The van der Waals surface area contributed by atoms with Crippen LogP contribution in [-0.2, 0) is 0 Å². The Hall–Kier alpha value is -2.28. The Labute approximate surface area is 106 Å². The summed E-state index contributed by atoms with van der Waals surface area (Å²) in [6.45, 7) is 5.80. The van der Waals surface area contributed by atoms with Crippen molar-refractivity contribution in [2.45, 2.75) is 26.8 Å². The molecule has 1 heterocycles. The fraction of sp³-hybridized carbons (Fsp3) is 0.286. The Morgan fingerprint density at radius 1 is 1.39 bits per heavy atom. The van der Waals surface area contributed by atoms with Crippen molar-refractivity contribution in [1.29, 1.82) is 5.26 Å². The van der Waals surface area contributed by atoms with E-state index in [-0.39, 0.29) is 6.04 Å². The third kappa shape index (κ3) is 2.51. The summed E-state index contributed by atoms with van der Waals surface area (Å²) in [4.78, 5) is 4.18. The molecule has 92 valence electrons. The van der Waals surface area contributed by atoms with Crippen molar-refractivity contribution in [2.24, 2.45) is 0 Å². The molecule has 1 aromatic carbocycles. The van der Waals surface area contributed by atoms with Crippen LogP contribution in [-0.4, -0.2) is 4.98 Å². The Morgan fingerprint density at radius 3 is 2.78 bits per heavy atom. The van der Waals surface area contributed by atoms with Crippen LogP contribution in [0, 0.1) is 25.2 Å². The van der Waals surface area contributed by atoms with Gasteiger partial charge in [0.1, 0.15) is 17.9 Å². The van der Waals surface area contributed by atoms with Gasteiger partial charge in [0.25, 0.3) is 0 Å². The van der Waals surface area contributed by atoms with Crippen molar-refractivity contribution in [3.8, 4) is 6.07 Å². The zero-order chi connectivity index (χ0) is 13.1. The maximum absolute atomic E-state index is 9.07. The first-order chi connectivity index (χ1) is 8.60. The van der Waals surface area contributed by atoms with E-state index in [0.29, 0.717) is 11.5 Å². The average Bonchev–Trinajstić information content (AvgIpc) is 2.76. The van der Waals surface area contributed by atoms with Gasteiger partial charge in [0.15, 0.2) is 0 Å². The first-order valence-electron chi connectivity index (χ1n) is 5.80. The second-order valence-corrected chi connectivity index (χ2v) is 4.34. The van der Waals surface area contributed by atoms with Gasteiger partial charge in [0, 0.05) is 0 Å². The topological polar surface area (TPSA) is 61.9 Å². The molecule has 18 heavy (non-hydrogen) atoms. The fourth-order valence-electron chi connectivity index (χ4n) is 1.74. The molecule has 1 atom stereocenters. The summed E-state index contributed by atoms with van der Waals surface area (Å²) in [7, 11) is 0. The second-order valence-electron chi connectivity index (χ2n) is 4.34. The van der Waals surface area contributed by atoms with Crippen molar-refractivity contribution >= 4 is 5.69 Å². The number of hydrogen-bond acceptors (Lipinski definition) is 4. The van der Waals surface area contributed by atoms with Gasteiger partial charge in [-0.1, -0.05) is 6.07 Å². The molecule has 0 aliphatic carbocycles. The minimum Gasteiger partial charge on any atom is -0.444 e. The number of anilines is 1. The Bertz CT molecular complexity index is 595. The molecule has 0 bridgehead atoms. The van der Waals surface area contributed by atoms with Gasteiger partial charge in [0.05, 0.1) is 17.4 Å². The number of aryl methyl sites for hydroxylation is 2. The number of nitriles is 1. The molecular formula is C14H15N3O. The monoisotopic (exact) mass is 241 g/mol. The van der Waals surface area contributed by atoms with Crippen molar-refractivity contribution in [2.75, 3.05) is 5.32 Å². The second kappa shape index (κ2) is 4.92. The number of hydrogen-bond donors (Lipinski definition) is 1. The molecule has 4 nitrogen and oxygen atoms in total. The van der Waals surface area contributed by atoms with E-state index in [1.165, 1.54) is 0 Å². The Balaban J connectivity index is 2.24. The third-order valence-electron chi connectivity index (χ3n) is 2.68. The highest BCUT2D eigenvalue weighted by Crippen LogP contribution is 2.23. The van der Waals surface area contributed by atoms with Crippen LogP contribution in [0.25, 0.3) is 0 Å². The van der Waals surface area contributed by atoms with Crippen LogP contribution in [0.15, 0.2) is 28.8 Å². The maximum Gasteiger partial charge on any atom is 0.216 e. The largest absolute Gasteiger partial charge is 0.444 e. The van der Waals surface area contributed by atoms with Crippen LogP contribution in [0.2, 0.25) is 0 Å². The van der Waals surface area contributed by atoms with Gasteiger partial charge in [-0.25, -0.2) is 4.98 Å². The van der Waals surface area contributed by atoms with Gasteiger partial charge in [-0.2, -0.15) is 5.26 Å². The van der Waals surface area contributed by atoms with Crippen molar-refractivity contribution in [1.82, 2.24) is 4.98 Å². The molecule has 2 rings (SSSR count). The van der Waals surface area contributed by atoms with E-state index in [9.17, 15) is 0 Å². The van der Waals surface area contributed by atoms with Gasteiger partial charge in [-0.15, -0.1) is 0 Å². The molecule has 1 unspecified atom stereocenters. The first-order valence-corrected chi connectivity index (χ1v) is 5.80. The van der Waals surface area contributed by atoms with E-state index in [2.05, 4.69) is 16.4 Å². The molecule has 0 spiro atoms. The lowest BCUT2D eigenvalue weighted by Gasteiger charge is -2.13. The zero-order valence-electron chi connectivity index (χ0n) is 10.7. The molecule has 0 saturated heterocycles. The molecule has 0 radical (unpaired) electrons. The normalized spacial score (nSPS) is 11.9. The fourth-order valence-corrected chi connectivity index (χ4v) is 1.74. The SMILES string of the molecule is Cc1ccc(C#N)c(NC(C)c2ncc(C)o2)c1. The van der Waals surface area contributed by atoms with Crippen LogP contribution in [0.3, 0.4) is 0 Å². The van der Waals surface area contributed by atoms with Crippen LogP contribution >= 0.6 is 0 Å². The number of nitrogens with zero attached hydrogens (tertiary/aromatic N) is 2.